The second-order valence-electron chi connectivity index (χ2n) is 4.90. The maximum absolute atomic E-state index is 9.18. The second kappa shape index (κ2) is 6.40. The maximum atomic E-state index is 9.18. The number of aliphatic hydroxyl groups is 1. The fourth-order valence-corrected chi connectivity index (χ4v) is 2.15. The number of nitrogens with zero attached hydrogens (tertiary/aromatic N) is 4. The van der Waals surface area contributed by atoms with Gasteiger partial charge in [-0.2, -0.15) is 5.10 Å². The summed E-state index contributed by atoms with van der Waals surface area (Å²) in [6, 6.07) is 9.10. The van der Waals surface area contributed by atoms with Gasteiger partial charge in [0.1, 0.15) is 11.6 Å². The molecule has 114 valence electrons. The number of aromatic nitrogens is 4. The largest absolute Gasteiger partial charge is 0.467 e. The molecule has 0 radical (unpaired) electrons. The predicted octanol–water partition coefficient (Wildman–Crippen LogP) is 2.10. The quantitative estimate of drug-likeness (QED) is 0.724. The fourth-order valence-electron chi connectivity index (χ4n) is 2.15. The van der Waals surface area contributed by atoms with Crippen LogP contribution in [0, 0.1) is 6.92 Å². The van der Waals surface area contributed by atoms with Crippen molar-refractivity contribution in [1.82, 2.24) is 20.0 Å². The summed E-state index contributed by atoms with van der Waals surface area (Å²) < 4.78 is 7.05. The van der Waals surface area contributed by atoms with Crippen LogP contribution in [-0.4, -0.2) is 31.7 Å². The highest BCUT2D eigenvalue weighted by molar-refractivity contribution is 5.38. The van der Waals surface area contributed by atoms with E-state index in [1.165, 1.54) is 0 Å². The zero-order chi connectivity index (χ0) is 15.4. The summed E-state index contributed by atoms with van der Waals surface area (Å²) >= 11 is 0. The van der Waals surface area contributed by atoms with Crippen molar-refractivity contribution in [1.29, 1.82) is 0 Å². The van der Waals surface area contributed by atoms with Crippen molar-refractivity contribution >= 4 is 5.82 Å². The Morgan fingerprint density at radius 1 is 1.27 bits per heavy atom. The topological polar surface area (TPSA) is 89.0 Å². The molecule has 7 nitrogen and oxygen atoms in total. The van der Waals surface area contributed by atoms with Crippen LogP contribution in [0.5, 0.6) is 0 Å². The highest BCUT2D eigenvalue weighted by atomic mass is 16.3. The van der Waals surface area contributed by atoms with Crippen molar-refractivity contribution in [3.05, 3.63) is 54.2 Å². The first-order chi connectivity index (χ1) is 10.8. The fraction of sp³-hybridized carbons (Fsp3) is 0.267. The predicted molar refractivity (Wildman–Crippen MR) is 80.7 cm³/mol. The average molecular weight is 299 g/mol. The molecule has 1 atom stereocenters. The molecule has 0 aliphatic rings. The van der Waals surface area contributed by atoms with Gasteiger partial charge in [0.15, 0.2) is 5.82 Å². The van der Waals surface area contributed by atoms with Gasteiger partial charge >= 0.3 is 0 Å². The molecule has 1 unspecified atom stereocenters. The van der Waals surface area contributed by atoms with E-state index in [1.54, 1.807) is 10.9 Å². The summed E-state index contributed by atoms with van der Waals surface area (Å²) in [5.74, 6) is 2.01. The molecule has 3 rings (SSSR count). The van der Waals surface area contributed by atoms with Crippen molar-refractivity contribution in [2.24, 2.45) is 0 Å². The van der Waals surface area contributed by atoms with Gasteiger partial charge in [0.05, 0.1) is 18.0 Å². The summed E-state index contributed by atoms with van der Waals surface area (Å²) in [5, 5.41) is 25.0. The van der Waals surface area contributed by atoms with Crippen LogP contribution >= 0.6 is 0 Å². The van der Waals surface area contributed by atoms with Crippen LogP contribution in [0.25, 0.3) is 5.82 Å². The normalized spacial score (nSPS) is 12.3. The third-order valence-electron chi connectivity index (χ3n) is 3.23. The summed E-state index contributed by atoms with van der Waals surface area (Å²) in [6.07, 6.45) is 3.97. The highest BCUT2D eigenvalue weighted by Gasteiger charge is 2.14. The number of aliphatic hydroxyl groups excluding tert-OH is 1. The Bertz CT molecular complexity index is 706. The van der Waals surface area contributed by atoms with E-state index in [0.717, 1.165) is 11.5 Å². The Morgan fingerprint density at radius 2 is 2.18 bits per heavy atom. The number of rotatable bonds is 6. The Morgan fingerprint density at radius 3 is 2.77 bits per heavy atom. The molecule has 3 aromatic rings. The van der Waals surface area contributed by atoms with Crippen LogP contribution in [0.4, 0.5) is 5.82 Å². The van der Waals surface area contributed by atoms with Crippen LogP contribution in [0.15, 0.2) is 47.2 Å². The smallest absolute Gasteiger partial charge is 0.175 e. The molecule has 2 N–H and O–H groups in total. The summed E-state index contributed by atoms with van der Waals surface area (Å²) in [6.45, 7) is 1.97. The van der Waals surface area contributed by atoms with Gasteiger partial charge in [-0.15, -0.1) is 10.2 Å². The first kappa shape index (κ1) is 14.3. The zero-order valence-electron chi connectivity index (χ0n) is 12.2. The van der Waals surface area contributed by atoms with E-state index in [0.29, 0.717) is 18.1 Å². The van der Waals surface area contributed by atoms with Crippen molar-refractivity contribution in [3.8, 4) is 5.82 Å². The molecule has 3 heterocycles. The van der Waals surface area contributed by atoms with Crippen LogP contribution in [0.3, 0.4) is 0 Å². The van der Waals surface area contributed by atoms with Gasteiger partial charge < -0.3 is 14.8 Å². The van der Waals surface area contributed by atoms with Crippen molar-refractivity contribution < 1.29 is 9.52 Å². The third kappa shape index (κ3) is 3.15. The van der Waals surface area contributed by atoms with Gasteiger partial charge in [-0.05, 0) is 43.7 Å². The lowest BCUT2D eigenvalue weighted by Crippen LogP contribution is -2.13. The van der Waals surface area contributed by atoms with E-state index in [1.807, 2.05) is 43.5 Å². The molecule has 7 heteroatoms. The lowest BCUT2D eigenvalue weighted by Gasteiger charge is -2.15. The molecule has 0 bridgehead atoms. The van der Waals surface area contributed by atoms with E-state index in [2.05, 4.69) is 20.6 Å². The molecule has 0 fully saturated rings. The van der Waals surface area contributed by atoms with E-state index >= 15 is 0 Å². The molecule has 0 saturated heterocycles. The minimum absolute atomic E-state index is 0.0520. The Labute approximate surface area is 127 Å². The molecule has 22 heavy (non-hydrogen) atoms. The molecule has 0 aliphatic heterocycles. The van der Waals surface area contributed by atoms with Crippen molar-refractivity contribution in [2.75, 3.05) is 11.9 Å². The summed E-state index contributed by atoms with van der Waals surface area (Å²) in [7, 11) is 0. The van der Waals surface area contributed by atoms with Gasteiger partial charge in [0.25, 0.3) is 0 Å². The summed E-state index contributed by atoms with van der Waals surface area (Å²) in [5.41, 5.74) is 0.921. The zero-order valence-corrected chi connectivity index (χ0v) is 12.2. The molecule has 0 aliphatic carbocycles. The maximum Gasteiger partial charge on any atom is 0.175 e. The molecular formula is C15H17N5O2. The van der Waals surface area contributed by atoms with E-state index in [4.69, 9.17) is 4.42 Å². The van der Waals surface area contributed by atoms with Crippen LogP contribution in [0.1, 0.15) is 23.9 Å². The summed E-state index contributed by atoms with van der Waals surface area (Å²) in [4.78, 5) is 0. The number of anilines is 1. The lowest BCUT2D eigenvalue weighted by molar-refractivity contribution is 0.273. The van der Waals surface area contributed by atoms with Crippen LogP contribution in [0.2, 0.25) is 0 Å². The SMILES string of the molecule is Cc1ccn(-c2ccc(NC(CCO)c3ccco3)nn2)n1. The molecule has 0 spiro atoms. The Balaban J connectivity index is 1.74. The van der Waals surface area contributed by atoms with E-state index in [-0.39, 0.29) is 12.6 Å². The van der Waals surface area contributed by atoms with E-state index in [9.17, 15) is 5.11 Å². The highest BCUT2D eigenvalue weighted by Crippen LogP contribution is 2.21. The number of hydrogen-bond donors (Lipinski definition) is 2. The third-order valence-corrected chi connectivity index (χ3v) is 3.23. The number of furan rings is 1. The minimum atomic E-state index is -0.146. The lowest BCUT2D eigenvalue weighted by atomic mass is 10.1. The number of aryl methyl sites for hydroxylation is 1. The monoisotopic (exact) mass is 299 g/mol. The number of nitrogens with one attached hydrogen (secondary N) is 1. The van der Waals surface area contributed by atoms with Crippen LogP contribution in [-0.2, 0) is 0 Å². The van der Waals surface area contributed by atoms with Crippen molar-refractivity contribution in [2.45, 2.75) is 19.4 Å². The van der Waals surface area contributed by atoms with Crippen molar-refractivity contribution in [3.63, 3.8) is 0 Å². The van der Waals surface area contributed by atoms with Gasteiger partial charge in [-0.25, -0.2) is 4.68 Å². The molecular weight excluding hydrogens is 282 g/mol. The number of hydrogen-bond acceptors (Lipinski definition) is 6. The van der Waals surface area contributed by atoms with Gasteiger partial charge in [0, 0.05) is 12.8 Å². The standard InChI is InChI=1S/C15H17N5O2/c1-11-6-8-20(19-11)15-5-4-14(17-18-15)16-12(7-9-21)13-3-2-10-22-13/h2-6,8,10,12,21H,7,9H2,1H3,(H,16,17). The first-order valence-electron chi connectivity index (χ1n) is 7.03. The molecule has 0 amide bonds. The average Bonchev–Trinajstić information content (AvgIpc) is 3.19. The Kier molecular flexibility index (Phi) is 4.15. The molecule has 0 saturated carbocycles. The van der Waals surface area contributed by atoms with Crippen LogP contribution < -0.4 is 5.32 Å². The first-order valence-corrected chi connectivity index (χ1v) is 7.03. The second-order valence-corrected chi connectivity index (χ2v) is 4.90. The van der Waals surface area contributed by atoms with Gasteiger partial charge in [-0.3, -0.25) is 0 Å². The van der Waals surface area contributed by atoms with Gasteiger partial charge in [0.2, 0.25) is 0 Å². The molecule has 3 aromatic heterocycles. The minimum Gasteiger partial charge on any atom is -0.467 e. The molecule has 0 aromatic carbocycles. The van der Waals surface area contributed by atoms with E-state index < -0.39 is 0 Å². The van der Waals surface area contributed by atoms with Gasteiger partial charge in [-0.1, -0.05) is 0 Å². The Hall–Kier alpha value is -2.67.